The number of hydrogen-bond acceptors (Lipinski definition) is 5. The average molecular weight is 275 g/mol. The normalized spacial score (nSPS) is 19.9. The summed E-state index contributed by atoms with van der Waals surface area (Å²) in [5.41, 5.74) is 0. The number of aliphatic carboxylic acids is 1. The van der Waals surface area contributed by atoms with Crippen molar-refractivity contribution in [3.05, 3.63) is 16.8 Å². The molecule has 1 aliphatic rings. The Bertz CT molecular complexity index is 485. The highest BCUT2D eigenvalue weighted by Crippen LogP contribution is 2.23. The number of halogens is 2. The quantitative estimate of drug-likeness (QED) is 0.762. The number of carbonyl (C=O) groups is 1. The second-order valence-electron chi connectivity index (χ2n) is 3.99. The van der Waals surface area contributed by atoms with Crippen molar-refractivity contribution in [2.75, 3.05) is 24.5 Å². The molecule has 0 radical (unpaired) electrons. The van der Waals surface area contributed by atoms with Crippen LogP contribution in [0.25, 0.3) is 0 Å². The molecule has 1 fully saturated rings. The number of nitrogens with zero attached hydrogens (tertiary/aromatic N) is 3. The zero-order valence-electron chi connectivity index (χ0n) is 9.65. The van der Waals surface area contributed by atoms with Gasteiger partial charge >= 0.3 is 5.97 Å². The van der Waals surface area contributed by atoms with Gasteiger partial charge in [-0.2, -0.15) is 4.39 Å². The molecule has 0 saturated carbocycles. The molecule has 1 aromatic rings. The zero-order chi connectivity index (χ0) is 13.3. The lowest BCUT2D eigenvalue weighted by Gasteiger charge is -2.32. The topological polar surface area (TPSA) is 78.4 Å². The standard InChI is InChI=1S/C10H12ClFN4O2/c1-5-14-8(11)7(12)9(15-5)16-3-2-13-6(4-16)10(17)18/h6,13H,2-4H2,1H3,(H,17,18). The molecule has 0 aliphatic carbocycles. The number of anilines is 1. The van der Waals surface area contributed by atoms with Crippen molar-refractivity contribution in [1.82, 2.24) is 15.3 Å². The molecule has 0 amide bonds. The number of hydrogen-bond donors (Lipinski definition) is 2. The van der Waals surface area contributed by atoms with Crippen molar-refractivity contribution in [2.24, 2.45) is 0 Å². The van der Waals surface area contributed by atoms with E-state index in [0.29, 0.717) is 18.9 Å². The molecule has 2 heterocycles. The van der Waals surface area contributed by atoms with Gasteiger partial charge in [-0.25, -0.2) is 9.97 Å². The molecule has 18 heavy (non-hydrogen) atoms. The lowest BCUT2D eigenvalue weighted by molar-refractivity contribution is -0.139. The van der Waals surface area contributed by atoms with Gasteiger partial charge in [0.25, 0.3) is 0 Å². The van der Waals surface area contributed by atoms with Gasteiger partial charge in [0.15, 0.2) is 11.0 Å². The van der Waals surface area contributed by atoms with E-state index in [1.54, 1.807) is 11.8 Å². The van der Waals surface area contributed by atoms with E-state index < -0.39 is 17.8 Å². The van der Waals surface area contributed by atoms with Crippen molar-refractivity contribution in [2.45, 2.75) is 13.0 Å². The average Bonchev–Trinajstić information content (AvgIpc) is 2.34. The van der Waals surface area contributed by atoms with E-state index in [4.69, 9.17) is 16.7 Å². The Balaban J connectivity index is 2.28. The van der Waals surface area contributed by atoms with Crippen LogP contribution in [-0.2, 0) is 4.79 Å². The molecule has 1 aliphatic heterocycles. The number of aromatic nitrogens is 2. The van der Waals surface area contributed by atoms with E-state index in [1.165, 1.54) is 0 Å². The van der Waals surface area contributed by atoms with Gasteiger partial charge in [0.05, 0.1) is 0 Å². The van der Waals surface area contributed by atoms with Crippen LogP contribution >= 0.6 is 11.6 Å². The van der Waals surface area contributed by atoms with Crippen LogP contribution in [0.1, 0.15) is 5.82 Å². The van der Waals surface area contributed by atoms with Gasteiger partial charge in [-0.1, -0.05) is 11.6 Å². The van der Waals surface area contributed by atoms with Gasteiger partial charge in [-0.15, -0.1) is 0 Å². The third-order valence-corrected chi connectivity index (χ3v) is 2.93. The molecule has 1 unspecified atom stereocenters. The second kappa shape index (κ2) is 5.03. The number of rotatable bonds is 2. The van der Waals surface area contributed by atoms with Crippen molar-refractivity contribution >= 4 is 23.4 Å². The monoisotopic (exact) mass is 274 g/mol. The lowest BCUT2D eigenvalue weighted by Crippen LogP contribution is -2.54. The van der Waals surface area contributed by atoms with E-state index in [0.717, 1.165) is 0 Å². The maximum absolute atomic E-state index is 13.8. The first-order chi connectivity index (χ1) is 8.49. The summed E-state index contributed by atoms with van der Waals surface area (Å²) in [6.45, 7) is 2.65. The number of piperazine rings is 1. The highest BCUT2D eigenvalue weighted by Gasteiger charge is 2.28. The first kappa shape index (κ1) is 13.0. The molecule has 6 nitrogen and oxygen atoms in total. The lowest BCUT2D eigenvalue weighted by atomic mass is 10.2. The molecule has 2 rings (SSSR count). The van der Waals surface area contributed by atoms with Crippen molar-refractivity contribution in [3.63, 3.8) is 0 Å². The van der Waals surface area contributed by atoms with E-state index in [1.807, 2.05) is 0 Å². The highest BCUT2D eigenvalue weighted by molar-refractivity contribution is 6.29. The Morgan fingerprint density at radius 1 is 1.61 bits per heavy atom. The van der Waals surface area contributed by atoms with Crippen LogP contribution < -0.4 is 10.2 Å². The number of carboxylic acid groups (broad SMARTS) is 1. The summed E-state index contributed by atoms with van der Waals surface area (Å²) in [4.78, 5) is 20.2. The van der Waals surface area contributed by atoms with E-state index >= 15 is 0 Å². The molecule has 0 aromatic carbocycles. The van der Waals surface area contributed by atoms with Gasteiger partial charge in [0, 0.05) is 19.6 Å². The third kappa shape index (κ3) is 2.51. The smallest absolute Gasteiger partial charge is 0.322 e. The maximum atomic E-state index is 13.8. The number of nitrogens with one attached hydrogen (secondary N) is 1. The Labute approximate surface area is 108 Å². The molecule has 8 heteroatoms. The molecule has 1 saturated heterocycles. The molecule has 1 aromatic heterocycles. The highest BCUT2D eigenvalue weighted by atomic mass is 35.5. The summed E-state index contributed by atoms with van der Waals surface area (Å²) in [5.74, 6) is -1.28. The summed E-state index contributed by atoms with van der Waals surface area (Å²) in [7, 11) is 0. The first-order valence-corrected chi connectivity index (χ1v) is 5.77. The number of carboxylic acids is 1. The van der Waals surface area contributed by atoms with Gasteiger partial charge in [0.1, 0.15) is 11.9 Å². The van der Waals surface area contributed by atoms with Crippen LogP contribution in [0.3, 0.4) is 0 Å². The van der Waals surface area contributed by atoms with Crippen LogP contribution in [0.15, 0.2) is 0 Å². The van der Waals surface area contributed by atoms with E-state index in [9.17, 15) is 9.18 Å². The Hall–Kier alpha value is -1.47. The van der Waals surface area contributed by atoms with Gasteiger partial charge in [0.2, 0.25) is 5.82 Å². The maximum Gasteiger partial charge on any atom is 0.322 e. The summed E-state index contributed by atoms with van der Waals surface area (Å²) in [6.07, 6.45) is 0. The largest absolute Gasteiger partial charge is 0.480 e. The predicted octanol–water partition coefficient (Wildman–Crippen LogP) is 0.440. The zero-order valence-corrected chi connectivity index (χ0v) is 10.4. The van der Waals surface area contributed by atoms with E-state index in [2.05, 4.69) is 15.3 Å². The predicted molar refractivity (Wildman–Crippen MR) is 63.4 cm³/mol. The fraction of sp³-hybridized carbons (Fsp3) is 0.500. The van der Waals surface area contributed by atoms with Crippen LogP contribution in [-0.4, -0.2) is 46.7 Å². The molecule has 0 bridgehead atoms. The summed E-state index contributed by atoms with van der Waals surface area (Å²) >= 11 is 5.65. The summed E-state index contributed by atoms with van der Waals surface area (Å²) in [5, 5.41) is 11.5. The minimum Gasteiger partial charge on any atom is -0.480 e. The minimum atomic E-state index is -0.975. The van der Waals surface area contributed by atoms with Gasteiger partial charge < -0.3 is 15.3 Å². The summed E-state index contributed by atoms with van der Waals surface area (Å²) in [6, 6.07) is -0.743. The molecule has 2 N–H and O–H groups in total. The van der Waals surface area contributed by atoms with Crippen LogP contribution in [0, 0.1) is 12.7 Å². The van der Waals surface area contributed by atoms with Gasteiger partial charge in [-0.3, -0.25) is 4.79 Å². The number of aryl methyl sites for hydroxylation is 1. The Morgan fingerprint density at radius 3 is 3.00 bits per heavy atom. The molecular formula is C10H12ClFN4O2. The van der Waals surface area contributed by atoms with Crippen molar-refractivity contribution in [1.29, 1.82) is 0 Å². The van der Waals surface area contributed by atoms with Crippen LogP contribution in [0.5, 0.6) is 0 Å². The minimum absolute atomic E-state index is 0.0558. The van der Waals surface area contributed by atoms with Crippen molar-refractivity contribution in [3.8, 4) is 0 Å². The molecule has 98 valence electrons. The molecule has 1 atom stereocenters. The second-order valence-corrected chi connectivity index (χ2v) is 4.35. The Morgan fingerprint density at radius 2 is 2.33 bits per heavy atom. The van der Waals surface area contributed by atoms with Crippen LogP contribution in [0.2, 0.25) is 5.15 Å². The van der Waals surface area contributed by atoms with Crippen molar-refractivity contribution < 1.29 is 14.3 Å². The Kier molecular flexibility index (Phi) is 3.63. The molecule has 0 spiro atoms. The first-order valence-electron chi connectivity index (χ1n) is 5.40. The van der Waals surface area contributed by atoms with E-state index in [-0.39, 0.29) is 17.5 Å². The fourth-order valence-corrected chi connectivity index (χ4v) is 2.03. The SMILES string of the molecule is Cc1nc(Cl)c(F)c(N2CCNC(C(=O)O)C2)n1. The molecular weight excluding hydrogens is 263 g/mol. The summed E-state index contributed by atoms with van der Waals surface area (Å²) < 4.78 is 13.8. The van der Waals surface area contributed by atoms with Gasteiger partial charge in [-0.05, 0) is 6.92 Å². The fourth-order valence-electron chi connectivity index (χ4n) is 1.83. The van der Waals surface area contributed by atoms with Crippen LogP contribution in [0.4, 0.5) is 10.2 Å². The third-order valence-electron chi connectivity index (χ3n) is 2.68.